The molecule has 2 aromatic rings. The Labute approximate surface area is 125 Å². The summed E-state index contributed by atoms with van der Waals surface area (Å²) in [5.74, 6) is 0. The molecule has 1 N–H and O–H groups in total. The molecule has 0 amide bonds. The van der Waals surface area contributed by atoms with Gasteiger partial charge in [-0.05, 0) is 30.2 Å². The molecule has 3 rings (SSSR count). The van der Waals surface area contributed by atoms with Gasteiger partial charge in [0.2, 0.25) is 0 Å². The normalized spacial score (nSPS) is 17.9. The van der Waals surface area contributed by atoms with Crippen LogP contribution in [0.4, 0.5) is 5.69 Å². The summed E-state index contributed by atoms with van der Waals surface area (Å²) < 4.78 is 1.88. The van der Waals surface area contributed by atoms with Crippen molar-refractivity contribution in [3.63, 3.8) is 0 Å². The molecule has 0 bridgehead atoms. The third kappa shape index (κ3) is 3.09. The number of hydrogen-bond donors (Lipinski definition) is 1. The van der Waals surface area contributed by atoms with E-state index in [-0.39, 0.29) is 0 Å². The lowest BCUT2D eigenvalue weighted by molar-refractivity contribution is 0.551. The highest BCUT2D eigenvalue weighted by Crippen LogP contribution is 2.20. The van der Waals surface area contributed by atoms with E-state index in [1.807, 2.05) is 23.9 Å². The van der Waals surface area contributed by atoms with Gasteiger partial charge >= 0.3 is 0 Å². The molecule has 0 saturated carbocycles. The zero-order valence-corrected chi connectivity index (χ0v) is 12.3. The molecule has 21 heavy (non-hydrogen) atoms. The number of hydrogen-bond acceptors (Lipinski definition) is 3. The number of aryl methyl sites for hydroxylation is 1. The third-order valence-electron chi connectivity index (χ3n) is 4.08. The van der Waals surface area contributed by atoms with Crippen molar-refractivity contribution in [1.29, 1.82) is 5.26 Å². The van der Waals surface area contributed by atoms with Gasteiger partial charge in [-0.25, -0.2) is 0 Å². The predicted molar refractivity (Wildman–Crippen MR) is 84.0 cm³/mol. The largest absolute Gasteiger partial charge is 0.370 e. The number of benzene rings is 1. The number of nitrogens with zero attached hydrogens (tertiary/aromatic N) is 3. The number of anilines is 1. The molecule has 1 saturated heterocycles. The summed E-state index contributed by atoms with van der Waals surface area (Å²) >= 11 is 0. The van der Waals surface area contributed by atoms with Crippen molar-refractivity contribution in [3.8, 4) is 6.07 Å². The van der Waals surface area contributed by atoms with E-state index in [1.165, 1.54) is 11.3 Å². The molecule has 0 spiro atoms. The summed E-state index contributed by atoms with van der Waals surface area (Å²) in [4.78, 5) is 2.42. The van der Waals surface area contributed by atoms with Gasteiger partial charge in [0.25, 0.3) is 0 Å². The molecule has 1 unspecified atom stereocenters. The van der Waals surface area contributed by atoms with E-state index < -0.39 is 0 Å². The first-order valence-corrected chi connectivity index (χ1v) is 7.35. The molecule has 4 nitrogen and oxygen atoms in total. The molecule has 1 fully saturated rings. The summed E-state index contributed by atoms with van der Waals surface area (Å²) in [6, 6.07) is 15.2. The van der Waals surface area contributed by atoms with Gasteiger partial charge in [0.1, 0.15) is 11.8 Å². The fourth-order valence-corrected chi connectivity index (χ4v) is 2.90. The van der Waals surface area contributed by atoms with Crippen LogP contribution in [-0.2, 0) is 13.6 Å². The lowest BCUT2D eigenvalue weighted by Gasteiger charge is -2.18. The zero-order valence-electron chi connectivity index (χ0n) is 12.3. The average Bonchev–Trinajstić information content (AvgIpc) is 3.12. The SMILES string of the molecule is Cn1cc(CNC2CCN(c3ccccc3)C2)cc1C#N. The minimum absolute atomic E-state index is 0.510. The third-order valence-corrected chi connectivity index (χ3v) is 4.08. The van der Waals surface area contributed by atoms with E-state index in [4.69, 9.17) is 5.26 Å². The Morgan fingerprint density at radius 1 is 1.33 bits per heavy atom. The molecule has 1 atom stereocenters. The Kier molecular flexibility index (Phi) is 3.94. The smallest absolute Gasteiger partial charge is 0.120 e. The van der Waals surface area contributed by atoms with Crippen LogP contribution >= 0.6 is 0 Å². The molecule has 0 radical (unpaired) electrons. The summed E-state index contributed by atoms with van der Waals surface area (Å²) in [6.45, 7) is 2.96. The van der Waals surface area contributed by atoms with Crippen LogP contribution in [0.15, 0.2) is 42.6 Å². The number of rotatable bonds is 4. The lowest BCUT2D eigenvalue weighted by atomic mass is 10.2. The van der Waals surface area contributed by atoms with Gasteiger partial charge in [-0.3, -0.25) is 0 Å². The highest BCUT2D eigenvalue weighted by Gasteiger charge is 2.22. The van der Waals surface area contributed by atoms with Crippen molar-refractivity contribution in [2.45, 2.75) is 19.0 Å². The van der Waals surface area contributed by atoms with E-state index in [9.17, 15) is 0 Å². The first-order chi connectivity index (χ1) is 10.3. The molecular weight excluding hydrogens is 260 g/mol. The molecule has 1 aliphatic heterocycles. The second-order valence-electron chi connectivity index (χ2n) is 5.60. The van der Waals surface area contributed by atoms with E-state index in [0.29, 0.717) is 11.7 Å². The second kappa shape index (κ2) is 6.02. The Bertz CT molecular complexity index is 639. The Balaban J connectivity index is 1.54. The average molecular weight is 280 g/mol. The highest BCUT2D eigenvalue weighted by atomic mass is 15.2. The summed E-state index contributed by atoms with van der Waals surface area (Å²) in [5.41, 5.74) is 3.18. The van der Waals surface area contributed by atoms with Crippen LogP contribution in [0.25, 0.3) is 0 Å². The van der Waals surface area contributed by atoms with Gasteiger partial charge in [-0.2, -0.15) is 5.26 Å². The maximum Gasteiger partial charge on any atom is 0.120 e. The van der Waals surface area contributed by atoms with E-state index in [0.717, 1.165) is 26.1 Å². The standard InChI is InChI=1S/C17H20N4/c1-20-12-14(9-17(20)10-18)11-19-15-7-8-21(13-15)16-5-3-2-4-6-16/h2-6,9,12,15,19H,7-8,11,13H2,1H3. The van der Waals surface area contributed by atoms with Crippen molar-refractivity contribution in [3.05, 3.63) is 53.9 Å². The minimum atomic E-state index is 0.510. The molecule has 2 heterocycles. The van der Waals surface area contributed by atoms with E-state index in [1.54, 1.807) is 0 Å². The monoisotopic (exact) mass is 280 g/mol. The van der Waals surface area contributed by atoms with Crippen molar-refractivity contribution < 1.29 is 0 Å². The van der Waals surface area contributed by atoms with Gasteiger partial charge in [0, 0.05) is 44.6 Å². The number of nitrogens with one attached hydrogen (secondary N) is 1. The topological polar surface area (TPSA) is 44.0 Å². The molecule has 4 heteroatoms. The predicted octanol–water partition coefficient (Wildman–Crippen LogP) is 2.27. The van der Waals surface area contributed by atoms with Gasteiger partial charge in [-0.15, -0.1) is 0 Å². The maximum atomic E-state index is 8.97. The quantitative estimate of drug-likeness (QED) is 0.934. The van der Waals surface area contributed by atoms with Gasteiger partial charge in [0.05, 0.1) is 0 Å². The molecule has 108 valence electrons. The van der Waals surface area contributed by atoms with Gasteiger partial charge < -0.3 is 14.8 Å². The zero-order chi connectivity index (χ0) is 14.7. The molecule has 0 aliphatic carbocycles. The van der Waals surface area contributed by atoms with Crippen LogP contribution in [0.2, 0.25) is 0 Å². The fraction of sp³-hybridized carbons (Fsp3) is 0.353. The first kappa shape index (κ1) is 13.7. The van der Waals surface area contributed by atoms with Crippen LogP contribution < -0.4 is 10.2 Å². The van der Waals surface area contributed by atoms with Gasteiger partial charge in [0.15, 0.2) is 0 Å². The second-order valence-corrected chi connectivity index (χ2v) is 5.60. The van der Waals surface area contributed by atoms with Crippen LogP contribution in [0.3, 0.4) is 0 Å². The number of para-hydroxylation sites is 1. The van der Waals surface area contributed by atoms with Crippen LogP contribution in [0.5, 0.6) is 0 Å². The van der Waals surface area contributed by atoms with E-state index in [2.05, 4.69) is 46.6 Å². The molecular formula is C17H20N4. The van der Waals surface area contributed by atoms with Crippen LogP contribution in [0, 0.1) is 11.3 Å². The van der Waals surface area contributed by atoms with Crippen LogP contribution in [-0.4, -0.2) is 23.7 Å². The maximum absolute atomic E-state index is 8.97. The van der Waals surface area contributed by atoms with Crippen LogP contribution in [0.1, 0.15) is 17.7 Å². The fourth-order valence-electron chi connectivity index (χ4n) is 2.90. The minimum Gasteiger partial charge on any atom is -0.370 e. The Morgan fingerprint density at radius 2 is 2.14 bits per heavy atom. The lowest BCUT2D eigenvalue weighted by Crippen LogP contribution is -2.31. The van der Waals surface area contributed by atoms with Crippen molar-refractivity contribution in [1.82, 2.24) is 9.88 Å². The van der Waals surface area contributed by atoms with E-state index >= 15 is 0 Å². The number of aromatic nitrogens is 1. The summed E-state index contributed by atoms with van der Waals surface area (Å²) in [7, 11) is 1.91. The molecule has 1 aromatic carbocycles. The summed E-state index contributed by atoms with van der Waals surface area (Å²) in [5, 5.41) is 12.6. The van der Waals surface area contributed by atoms with Crippen molar-refractivity contribution >= 4 is 5.69 Å². The molecule has 1 aromatic heterocycles. The first-order valence-electron chi connectivity index (χ1n) is 7.35. The highest BCUT2D eigenvalue weighted by molar-refractivity contribution is 5.47. The Morgan fingerprint density at radius 3 is 2.86 bits per heavy atom. The summed E-state index contributed by atoms with van der Waals surface area (Å²) in [6.07, 6.45) is 3.18. The molecule has 1 aliphatic rings. The number of nitriles is 1. The van der Waals surface area contributed by atoms with Gasteiger partial charge in [-0.1, -0.05) is 18.2 Å². The van der Waals surface area contributed by atoms with Crippen molar-refractivity contribution in [2.24, 2.45) is 7.05 Å². The Hall–Kier alpha value is -2.25. The van der Waals surface area contributed by atoms with Crippen molar-refractivity contribution in [2.75, 3.05) is 18.0 Å².